The number of nitrogen functional groups attached to an aromatic ring is 1. The van der Waals surface area contributed by atoms with E-state index in [0.29, 0.717) is 5.41 Å². The van der Waals surface area contributed by atoms with Gasteiger partial charge in [-0.1, -0.05) is 19.8 Å². The van der Waals surface area contributed by atoms with E-state index in [1.54, 1.807) is 7.11 Å². The van der Waals surface area contributed by atoms with Gasteiger partial charge in [0.15, 0.2) is 0 Å². The Kier molecular flexibility index (Phi) is 3.46. The monoisotopic (exact) mass is 234 g/mol. The first-order valence-corrected chi connectivity index (χ1v) is 6.30. The number of anilines is 2. The summed E-state index contributed by atoms with van der Waals surface area (Å²) >= 11 is 0. The summed E-state index contributed by atoms with van der Waals surface area (Å²) < 4.78 is 5.21. The summed E-state index contributed by atoms with van der Waals surface area (Å²) in [6.45, 7) is 3.34. The molecule has 1 fully saturated rings. The molecule has 17 heavy (non-hydrogen) atoms. The zero-order valence-corrected chi connectivity index (χ0v) is 10.8. The Labute approximate surface area is 103 Å². The van der Waals surface area contributed by atoms with Crippen LogP contribution in [0.15, 0.2) is 18.2 Å². The van der Waals surface area contributed by atoms with Crippen LogP contribution in [0.2, 0.25) is 0 Å². The second kappa shape index (κ2) is 4.86. The van der Waals surface area contributed by atoms with Crippen LogP contribution in [0.25, 0.3) is 0 Å². The molecule has 1 aromatic rings. The predicted molar refractivity (Wildman–Crippen MR) is 72.5 cm³/mol. The number of nitrogens with one attached hydrogen (secondary N) is 1. The summed E-state index contributed by atoms with van der Waals surface area (Å²) in [5.41, 5.74) is 8.15. The molecule has 1 aromatic carbocycles. The van der Waals surface area contributed by atoms with E-state index in [1.165, 1.54) is 25.7 Å². The number of ether oxygens (including phenoxy) is 1. The van der Waals surface area contributed by atoms with Crippen LogP contribution in [0.5, 0.6) is 5.75 Å². The standard InChI is InChI=1S/C14H22N2O/c1-14(7-3-4-8-14)10-16-13-9-11(17-2)5-6-12(13)15/h5-6,9,16H,3-4,7-8,10,15H2,1-2H3. The third-order valence-electron chi connectivity index (χ3n) is 3.78. The molecule has 0 amide bonds. The van der Waals surface area contributed by atoms with E-state index in [0.717, 1.165) is 23.7 Å². The van der Waals surface area contributed by atoms with E-state index >= 15 is 0 Å². The number of methoxy groups -OCH3 is 1. The number of benzene rings is 1. The Bertz CT molecular complexity index is 384. The summed E-state index contributed by atoms with van der Waals surface area (Å²) in [4.78, 5) is 0. The quantitative estimate of drug-likeness (QED) is 0.786. The van der Waals surface area contributed by atoms with Gasteiger partial charge in [-0.25, -0.2) is 0 Å². The van der Waals surface area contributed by atoms with Crippen molar-refractivity contribution in [2.75, 3.05) is 24.7 Å². The van der Waals surface area contributed by atoms with Crippen molar-refractivity contribution in [3.8, 4) is 5.75 Å². The highest BCUT2D eigenvalue weighted by Crippen LogP contribution is 2.38. The number of hydrogen-bond acceptors (Lipinski definition) is 3. The zero-order valence-electron chi connectivity index (χ0n) is 10.8. The lowest BCUT2D eigenvalue weighted by Gasteiger charge is -2.25. The van der Waals surface area contributed by atoms with Crippen molar-refractivity contribution in [2.24, 2.45) is 5.41 Å². The highest BCUT2D eigenvalue weighted by atomic mass is 16.5. The molecule has 0 saturated heterocycles. The first-order chi connectivity index (χ1) is 8.13. The maximum Gasteiger partial charge on any atom is 0.121 e. The van der Waals surface area contributed by atoms with Gasteiger partial charge in [-0.05, 0) is 30.4 Å². The fourth-order valence-electron chi connectivity index (χ4n) is 2.53. The van der Waals surface area contributed by atoms with Crippen molar-refractivity contribution >= 4 is 11.4 Å². The molecule has 0 spiro atoms. The van der Waals surface area contributed by atoms with E-state index in [2.05, 4.69) is 12.2 Å². The summed E-state index contributed by atoms with van der Waals surface area (Å²) in [6.07, 6.45) is 5.32. The minimum absolute atomic E-state index is 0.426. The average Bonchev–Trinajstić information content (AvgIpc) is 2.76. The maximum atomic E-state index is 5.95. The first kappa shape index (κ1) is 12.1. The molecule has 0 radical (unpaired) electrons. The third-order valence-corrected chi connectivity index (χ3v) is 3.78. The van der Waals surface area contributed by atoms with Crippen LogP contribution >= 0.6 is 0 Å². The molecule has 3 heteroatoms. The van der Waals surface area contributed by atoms with Crippen LogP contribution < -0.4 is 15.8 Å². The van der Waals surface area contributed by atoms with Gasteiger partial charge in [-0.3, -0.25) is 0 Å². The minimum atomic E-state index is 0.426. The van der Waals surface area contributed by atoms with Crippen molar-refractivity contribution in [1.29, 1.82) is 0 Å². The van der Waals surface area contributed by atoms with Gasteiger partial charge in [0, 0.05) is 12.6 Å². The second-order valence-corrected chi connectivity index (χ2v) is 5.32. The molecule has 0 aliphatic heterocycles. The highest BCUT2D eigenvalue weighted by molar-refractivity contribution is 5.68. The molecule has 1 aliphatic carbocycles. The van der Waals surface area contributed by atoms with E-state index in [9.17, 15) is 0 Å². The predicted octanol–water partition coefficient (Wildman–Crippen LogP) is 3.27. The molecule has 2 rings (SSSR count). The van der Waals surface area contributed by atoms with Crippen molar-refractivity contribution < 1.29 is 4.74 Å². The summed E-state index contributed by atoms with van der Waals surface area (Å²) in [5, 5.41) is 3.47. The first-order valence-electron chi connectivity index (χ1n) is 6.30. The van der Waals surface area contributed by atoms with Crippen LogP contribution in [0.3, 0.4) is 0 Å². The summed E-state index contributed by atoms with van der Waals surface area (Å²) in [6, 6.07) is 5.74. The smallest absolute Gasteiger partial charge is 0.121 e. The normalized spacial score (nSPS) is 18.0. The fraction of sp³-hybridized carbons (Fsp3) is 0.571. The van der Waals surface area contributed by atoms with E-state index < -0.39 is 0 Å². The van der Waals surface area contributed by atoms with Crippen LogP contribution in [0, 0.1) is 5.41 Å². The van der Waals surface area contributed by atoms with Gasteiger partial charge >= 0.3 is 0 Å². The lowest BCUT2D eigenvalue weighted by molar-refractivity contribution is 0.362. The lowest BCUT2D eigenvalue weighted by atomic mass is 9.89. The molecular formula is C14H22N2O. The van der Waals surface area contributed by atoms with Gasteiger partial charge in [-0.2, -0.15) is 0 Å². The second-order valence-electron chi connectivity index (χ2n) is 5.32. The molecule has 1 saturated carbocycles. The van der Waals surface area contributed by atoms with Crippen LogP contribution in [0.1, 0.15) is 32.6 Å². The van der Waals surface area contributed by atoms with E-state index in [1.807, 2.05) is 18.2 Å². The fourth-order valence-corrected chi connectivity index (χ4v) is 2.53. The van der Waals surface area contributed by atoms with Crippen molar-refractivity contribution in [2.45, 2.75) is 32.6 Å². The molecule has 94 valence electrons. The Morgan fingerprint density at radius 2 is 2.06 bits per heavy atom. The number of rotatable bonds is 4. The maximum absolute atomic E-state index is 5.95. The number of nitrogens with two attached hydrogens (primary N) is 1. The van der Waals surface area contributed by atoms with Crippen LogP contribution in [-0.2, 0) is 0 Å². The van der Waals surface area contributed by atoms with E-state index in [-0.39, 0.29) is 0 Å². The minimum Gasteiger partial charge on any atom is -0.497 e. The lowest BCUT2D eigenvalue weighted by Crippen LogP contribution is -2.23. The third kappa shape index (κ3) is 2.84. The van der Waals surface area contributed by atoms with Gasteiger partial charge < -0.3 is 15.8 Å². The van der Waals surface area contributed by atoms with Crippen LogP contribution in [0.4, 0.5) is 11.4 Å². The van der Waals surface area contributed by atoms with Crippen molar-refractivity contribution in [1.82, 2.24) is 0 Å². The Morgan fingerprint density at radius 1 is 1.35 bits per heavy atom. The highest BCUT2D eigenvalue weighted by Gasteiger charge is 2.28. The van der Waals surface area contributed by atoms with E-state index in [4.69, 9.17) is 10.5 Å². The molecule has 0 aromatic heterocycles. The SMILES string of the molecule is COc1ccc(N)c(NCC2(C)CCCC2)c1. The molecule has 0 unspecified atom stereocenters. The molecule has 3 nitrogen and oxygen atoms in total. The molecule has 0 bridgehead atoms. The summed E-state index contributed by atoms with van der Waals surface area (Å²) in [5.74, 6) is 0.846. The molecular weight excluding hydrogens is 212 g/mol. The zero-order chi connectivity index (χ0) is 12.3. The van der Waals surface area contributed by atoms with Gasteiger partial charge in [-0.15, -0.1) is 0 Å². The average molecular weight is 234 g/mol. The van der Waals surface area contributed by atoms with Gasteiger partial charge in [0.25, 0.3) is 0 Å². The van der Waals surface area contributed by atoms with Gasteiger partial charge in [0.2, 0.25) is 0 Å². The molecule has 0 atom stereocenters. The largest absolute Gasteiger partial charge is 0.497 e. The number of hydrogen-bond donors (Lipinski definition) is 2. The Balaban J connectivity index is 2.02. The van der Waals surface area contributed by atoms with Crippen LogP contribution in [-0.4, -0.2) is 13.7 Å². The molecule has 3 N–H and O–H groups in total. The Hall–Kier alpha value is -1.38. The topological polar surface area (TPSA) is 47.3 Å². The van der Waals surface area contributed by atoms with Crippen molar-refractivity contribution in [3.05, 3.63) is 18.2 Å². The summed E-state index contributed by atoms with van der Waals surface area (Å²) in [7, 11) is 1.67. The van der Waals surface area contributed by atoms with Gasteiger partial charge in [0.1, 0.15) is 5.75 Å². The molecule has 0 heterocycles. The molecule has 1 aliphatic rings. The van der Waals surface area contributed by atoms with Crippen molar-refractivity contribution in [3.63, 3.8) is 0 Å². The Morgan fingerprint density at radius 3 is 2.71 bits per heavy atom. The van der Waals surface area contributed by atoms with Gasteiger partial charge in [0.05, 0.1) is 18.5 Å².